The van der Waals surface area contributed by atoms with Crippen LogP contribution in [0.3, 0.4) is 0 Å². The van der Waals surface area contributed by atoms with Crippen LogP contribution in [0.15, 0.2) is 48.5 Å². The third-order valence-electron chi connectivity index (χ3n) is 2.86. The van der Waals surface area contributed by atoms with Gasteiger partial charge in [0.15, 0.2) is 6.04 Å². The lowest BCUT2D eigenvalue weighted by atomic mass is 10.1. The van der Waals surface area contributed by atoms with Crippen molar-refractivity contribution < 1.29 is 24.2 Å². The van der Waals surface area contributed by atoms with Gasteiger partial charge in [-0.15, -0.1) is 0 Å². The number of carbonyl (C=O) groups is 2. The number of aromatic hydroxyl groups is 1. The molecule has 0 spiro atoms. The van der Waals surface area contributed by atoms with Crippen molar-refractivity contribution in [2.75, 3.05) is 0 Å². The third-order valence-corrected chi connectivity index (χ3v) is 2.86. The summed E-state index contributed by atoms with van der Waals surface area (Å²) in [5.41, 5.74) is 0.193. The Bertz CT molecular complexity index is 673. The Morgan fingerprint density at radius 3 is 2.33 bits per heavy atom. The zero-order chi connectivity index (χ0) is 15.4. The van der Waals surface area contributed by atoms with E-state index in [2.05, 4.69) is 5.32 Å². The highest BCUT2D eigenvalue weighted by molar-refractivity contribution is 5.99. The fourth-order valence-electron chi connectivity index (χ4n) is 1.84. The highest BCUT2D eigenvalue weighted by Gasteiger charge is 2.23. The van der Waals surface area contributed by atoms with Crippen LogP contribution in [0.1, 0.15) is 22.0 Å². The summed E-state index contributed by atoms with van der Waals surface area (Å²) >= 11 is 0. The van der Waals surface area contributed by atoms with Gasteiger partial charge in [0, 0.05) is 6.07 Å². The Balaban J connectivity index is 2.25. The first kappa shape index (κ1) is 14.5. The first-order valence-corrected chi connectivity index (χ1v) is 6.06. The fraction of sp³-hybridized carbons (Fsp3) is 0.0667. The van der Waals surface area contributed by atoms with Crippen molar-refractivity contribution in [3.63, 3.8) is 0 Å². The summed E-state index contributed by atoms with van der Waals surface area (Å²) in [6, 6.07) is 9.75. The van der Waals surface area contributed by atoms with E-state index < -0.39 is 29.5 Å². The maximum Gasteiger partial charge on any atom is 0.330 e. The summed E-state index contributed by atoms with van der Waals surface area (Å²) < 4.78 is 12.9. The molecule has 3 N–H and O–H groups in total. The van der Waals surface area contributed by atoms with Gasteiger partial charge in [0.25, 0.3) is 5.91 Å². The average Bonchev–Trinajstić information content (AvgIpc) is 2.45. The Hall–Kier alpha value is -2.89. The van der Waals surface area contributed by atoms with Crippen LogP contribution in [0.5, 0.6) is 5.75 Å². The molecule has 2 rings (SSSR count). The number of carboxylic acids is 1. The number of halogens is 1. The molecule has 0 radical (unpaired) electrons. The van der Waals surface area contributed by atoms with Crippen LogP contribution in [0.4, 0.5) is 4.39 Å². The van der Waals surface area contributed by atoms with Gasteiger partial charge >= 0.3 is 5.97 Å². The molecule has 2 aromatic carbocycles. The number of rotatable bonds is 4. The van der Waals surface area contributed by atoms with Gasteiger partial charge in [0.2, 0.25) is 0 Å². The van der Waals surface area contributed by atoms with E-state index in [9.17, 15) is 24.2 Å². The monoisotopic (exact) mass is 289 g/mol. The summed E-state index contributed by atoms with van der Waals surface area (Å²) in [5, 5.41) is 21.0. The fourth-order valence-corrected chi connectivity index (χ4v) is 1.84. The van der Waals surface area contributed by atoms with Gasteiger partial charge in [-0.05, 0) is 17.7 Å². The highest BCUT2D eigenvalue weighted by Crippen LogP contribution is 2.20. The van der Waals surface area contributed by atoms with Gasteiger partial charge < -0.3 is 15.5 Å². The number of hydrogen-bond donors (Lipinski definition) is 3. The molecule has 1 atom stereocenters. The first-order valence-electron chi connectivity index (χ1n) is 6.06. The molecule has 2 aromatic rings. The molecule has 21 heavy (non-hydrogen) atoms. The van der Waals surface area contributed by atoms with Crippen molar-refractivity contribution in [1.82, 2.24) is 5.32 Å². The van der Waals surface area contributed by atoms with Crippen molar-refractivity contribution in [3.8, 4) is 5.75 Å². The average molecular weight is 289 g/mol. The lowest BCUT2D eigenvalue weighted by molar-refractivity contribution is -0.139. The van der Waals surface area contributed by atoms with Crippen molar-refractivity contribution in [2.45, 2.75) is 6.04 Å². The lowest BCUT2D eigenvalue weighted by Crippen LogP contribution is -2.33. The molecule has 0 bridgehead atoms. The second kappa shape index (κ2) is 6.04. The van der Waals surface area contributed by atoms with E-state index in [1.54, 1.807) is 30.3 Å². The van der Waals surface area contributed by atoms with Crippen molar-refractivity contribution in [2.24, 2.45) is 0 Å². The molecule has 0 unspecified atom stereocenters. The minimum atomic E-state index is -1.26. The van der Waals surface area contributed by atoms with E-state index in [4.69, 9.17) is 0 Å². The zero-order valence-corrected chi connectivity index (χ0v) is 10.8. The van der Waals surface area contributed by atoms with Crippen molar-refractivity contribution in [3.05, 3.63) is 65.5 Å². The zero-order valence-electron chi connectivity index (χ0n) is 10.8. The number of benzene rings is 2. The molecule has 108 valence electrons. The molecular weight excluding hydrogens is 277 g/mol. The second-order valence-corrected chi connectivity index (χ2v) is 4.32. The second-order valence-electron chi connectivity index (χ2n) is 4.32. The number of phenols is 1. The quantitative estimate of drug-likeness (QED) is 0.804. The lowest BCUT2D eigenvalue weighted by Gasteiger charge is -2.15. The Labute approximate surface area is 119 Å². The van der Waals surface area contributed by atoms with Crippen LogP contribution in [0.2, 0.25) is 0 Å². The van der Waals surface area contributed by atoms with Crippen molar-refractivity contribution >= 4 is 11.9 Å². The minimum absolute atomic E-state index is 0.196. The Morgan fingerprint density at radius 1 is 1.10 bits per heavy atom. The summed E-state index contributed by atoms with van der Waals surface area (Å²) in [4.78, 5) is 23.3. The molecule has 0 heterocycles. The number of aliphatic carboxylic acids is 1. The number of amides is 1. The van der Waals surface area contributed by atoms with E-state index in [0.29, 0.717) is 5.56 Å². The summed E-state index contributed by atoms with van der Waals surface area (Å²) in [6.45, 7) is 0. The molecule has 1 amide bonds. The summed E-state index contributed by atoms with van der Waals surface area (Å²) in [6.07, 6.45) is 0. The molecule has 5 nitrogen and oxygen atoms in total. The van der Waals surface area contributed by atoms with Crippen LogP contribution < -0.4 is 5.32 Å². The smallest absolute Gasteiger partial charge is 0.330 e. The topological polar surface area (TPSA) is 86.6 Å². The minimum Gasteiger partial charge on any atom is -0.507 e. The van der Waals surface area contributed by atoms with Gasteiger partial charge in [0.1, 0.15) is 11.6 Å². The Kier molecular flexibility index (Phi) is 4.18. The van der Waals surface area contributed by atoms with Crippen LogP contribution >= 0.6 is 0 Å². The van der Waals surface area contributed by atoms with Crippen molar-refractivity contribution in [1.29, 1.82) is 0 Å². The highest BCUT2D eigenvalue weighted by atomic mass is 19.1. The van der Waals surface area contributed by atoms with Crippen LogP contribution in [0.25, 0.3) is 0 Å². The number of phenolic OH excluding ortho intramolecular Hbond substituents is 1. The van der Waals surface area contributed by atoms with E-state index in [1.807, 2.05) is 0 Å². The molecule has 0 aromatic heterocycles. The summed E-state index contributed by atoms with van der Waals surface area (Å²) in [7, 11) is 0. The van der Waals surface area contributed by atoms with E-state index in [-0.39, 0.29) is 5.56 Å². The van der Waals surface area contributed by atoms with E-state index >= 15 is 0 Å². The van der Waals surface area contributed by atoms with Crippen LogP contribution in [-0.4, -0.2) is 22.1 Å². The van der Waals surface area contributed by atoms with Gasteiger partial charge in [-0.1, -0.05) is 30.3 Å². The molecule has 0 saturated heterocycles. The summed E-state index contributed by atoms with van der Waals surface area (Å²) in [5.74, 6) is -3.29. The van der Waals surface area contributed by atoms with Crippen LogP contribution in [0, 0.1) is 5.82 Å². The standard InChI is InChI=1S/C15H12FNO4/c16-10-6-7-11(12(18)8-10)14(19)17-13(15(20)21)9-4-2-1-3-5-9/h1-8,13,18H,(H,17,19)(H,20,21)/t13-/m0/s1. The number of hydrogen-bond acceptors (Lipinski definition) is 3. The largest absolute Gasteiger partial charge is 0.507 e. The maximum absolute atomic E-state index is 12.9. The van der Waals surface area contributed by atoms with E-state index in [0.717, 1.165) is 18.2 Å². The number of carbonyl (C=O) groups excluding carboxylic acids is 1. The molecular formula is C15H12FNO4. The van der Waals surface area contributed by atoms with Gasteiger partial charge in [-0.25, -0.2) is 9.18 Å². The molecule has 0 aliphatic carbocycles. The molecule has 0 saturated carbocycles. The predicted octanol–water partition coefficient (Wildman–Crippen LogP) is 2.09. The van der Waals surface area contributed by atoms with Gasteiger partial charge in [-0.2, -0.15) is 0 Å². The Morgan fingerprint density at radius 2 is 1.76 bits per heavy atom. The first-order chi connectivity index (χ1) is 9.99. The van der Waals surface area contributed by atoms with Gasteiger partial charge in [-0.3, -0.25) is 4.79 Å². The van der Waals surface area contributed by atoms with Crippen LogP contribution in [-0.2, 0) is 4.79 Å². The number of carboxylic acid groups (broad SMARTS) is 1. The molecule has 6 heteroatoms. The number of nitrogens with one attached hydrogen (secondary N) is 1. The normalized spacial score (nSPS) is 11.7. The molecule has 0 fully saturated rings. The van der Waals surface area contributed by atoms with Gasteiger partial charge in [0.05, 0.1) is 5.56 Å². The molecule has 0 aliphatic rings. The third kappa shape index (κ3) is 3.36. The predicted molar refractivity (Wildman–Crippen MR) is 72.3 cm³/mol. The maximum atomic E-state index is 12.9. The molecule has 0 aliphatic heterocycles. The SMILES string of the molecule is O=C(N[C@H](C(=O)O)c1ccccc1)c1ccc(F)cc1O. The van der Waals surface area contributed by atoms with E-state index in [1.165, 1.54) is 0 Å².